The first-order valence-electron chi connectivity index (χ1n) is 8.48. The van der Waals surface area contributed by atoms with Gasteiger partial charge in [-0.1, -0.05) is 12.1 Å². The van der Waals surface area contributed by atoms with Crippen LogP contribution in [0.2, 0.25) is 0 Å². The third-order valence-corrected chi connectivity index (χ3v) is 4.97. The van der Waals surface area contributed by atoms with Crippen LogP contribution in [0.4, 0.5) is 10.7 Å². The van der Waals surface area contributed by atoms with Crippen molar-refractivity contribution in [3.63, 3.8) is 0 Å². The van der Waals surface area contributed by atoms with Crippen molar-refractivity contribution in [2.24, 2.45) is 0 Å². The molecule has 2 rings (SSSR count). The summed E-state index contributed by atoms with van der Waals surface area (Å²) in [5, 5.41) is 3.36. The summed E-state index contributed by atoms with van der Waals surface area (Å²) in [4.78, 5) is 25.3. The standard InChI is InChI=1S/C19H24N2O4S/c1-4-24-19(23)17-12(2)13(3)26-18(17)21-16(22)10-7-11-25-15-9-6-5-8-14(15)20/h5-6,8-9H,4,7,10-11,20H2,1-3H3,(H,21,22). The minimum atomic E-state index is -0.410. The van der Waals surface area contributed by atoms with Gasteiger partial charge < -0.3 is 20.5 Å². The lowest BCUT2D eigenvalue weighted by Crippen LogP contribution is -2.15. The van der Waals surface area contributed by atoms with Crippen LogP contribution >= 0.6 is 11.3 Å². The highest BCUT2D eigenvalue weighted by atomic mass is 32.1. The molecule has 0 aliphatic heterocycles. The number of carbonyl (C=O) groups excluding carboxylic acids is 2. The number of para-hydroxylation sites is 2. The molecule has 0 fully saturated rings. The highest BCUT2D eigenvalue weighted by Crippen LogP contribution is 2.33. The van der Waals surface area contributed by atoms with E-state index in [0.717, 1.165) is 10.4 Å². The van der Waals surface area contributed by atoms with E-state index >= 15 is 0 Å². The average Bonchev–Trinajstić information content (AvgIpc) is 2.87. The number of rotatable bonds is 8. The Bertz CT molecular complexity index is 786. The van der Waals surface area contributed by atoms with Crippen LogP contribution < -0.4 is 15.8 Å². The van der Waals surface area contributed by atoms with Crippen molar-refractivity contribution in [2.75, 3.05) is 24.3 Å². The first-order valence-corrected chi connectivity index (χ1v) is 9.30. The SMILES string of the molecule is CCOC(=O)c1c(NC(=O)CCCOc2ccccc2N)sc(C)c1C. The molecule has 7 heteroatoms. The lowest BCUT2D eigenvalue weighted by Gasteiger charge is -2.09. The Morgan fingerprint density at radius 2 is 1.96 bits per heavy atom. The van der Waals surface area contributed by atoms with Crippen LogP contribution in [0.25, 0.3) is 0 Å². The Kier molecular flexibility index (Phi) is 7.03. The second kappa shape index (κ2) is 9.24. The van der Waals surface area contributed by atoms with Gasteiger partial charge in [-0.05, 0) is 44.9 Å². The Morgan fingerprint density at radius 1 is 1.23 bits per heavy atom. The molecule has 2 aromatic rings. The molecule has 1 heterocycles. The number of ether oxygens (including phenoxy) is 2. The fourth-order valence-electron chi connectivity index (χ4n) is 2.38. The number of anilines is 2. The van der Waals surface area contributed by atoms with E-state index in [1.807, 2.05) is 26.0 Å². The molecule has 1 aromatic carbocycles. The van der Waals surface area contributed by atoms with Crippen LogP contribution in [0, 0.1) is 13.8 Å². The van der Waals surface area contributed by atoms with Gasteiger partial charge in [0, 0.05) is 11.3 Å². The van der Waals surface area contributed by atoms with Gasteiger partial charge in [-0.3, -0.25) is 4.79 Å². The van der Waals surface area contributed by atoms with Gasteiger partial charge in [-0.2, -0.15) is 0 Å². The Balaban J connectivity index is 1.89. The maximum absolute atomic E-state index is 12.2. The lowest BCUT2D eigenvalue weighted by molar-refractivity contribution is -0.116. The summed E-state index contributed by atoms with van der Waals surface area (Å²) in [6, 6.07) is 7.23. The van der Waals surface area contributed by atoms with Gasteiger partial charge >= 0.3 is 5.97 Å². The summed E-state index contributed by atoms with van der Waals surface area (Å²) in [6.45, 7) is 6.20. The van der Waals surface area contributed by atoms with E-state index in [2.05, 4.69) is 5.32 Å². The summed E-state index contributed by atoms with van der Waals surface area (Å²) in [5.41, 5.74) is 7.65. The van der Waals surface area contributed by atoms with Crippen molar-refractivity contribution in [2.45, 2.75) is 33.6 Å². The summed E-state index contributed by atoms with van der Waals surface area (Å²) < 4.78 is 10.7. The number of hydrogen-bond acceptors (Lipinski definition) is 6. The van der Waals surface area contributed by atoms with Gasteiger partial charge in [-0.25, -0.2) is 4.79 Å². The van der Waals surface area contributed by atoms with Crippen LogP contribution in [0.15, 0.2) is 24.3 Å². The van der Waals surface area contributed by atoms with Crippen LogP contribution in [-0.2, 0) is 9.53 Å². The number of hydrogen-bond donors (Lipinski definition) is 2. The molecule has 140 valence electrons. The highest BCUT2D eigenvalue weighted by Gasteiger charge is 2.21. The Hall–Kier alpha value is -2.54. The van der Waals surface area contributed by atoms with E-state index in [9.17, 15) is 9.59 Å². The van der Waals surface area contributed by atoms with Crippen LogP contribution in [0.5, 0.6) is 5.75 Å². The molecule has 3 N–H and O–H groups in total. The molecule has 26 heavy (non-hydrogen) atoms. The normalized spacial score (nSPS) is 10.4. The molecule has 0 saturated heterocycles. The molecule has 0 aliphatic rings. The number of amides is 1. The summed E-state index contributed by atoms with van der Waals surface area (Å²) in [7, 11) is 0. The fourth-order valence-corrected chi connectivity index (χ4v) is 3.44. The number of benzene rings is 1. The number of thiophene rings is 1. The zero-order valence-electron chi connectivity index (χ0n) is 15.3. The number of carbonyl (C=O) groups is 2. The predicted molar refractivity (Wildman–Crippen MR) is 104 cm³/mol. The van der Waals surface area contributed by atoms with Gasteiger partial charge in [0.2, 0.25) is 5.91 Å². The summed E-state index contributed by atoms with van der Waals surface area (Å²) in [6.07, 6.45) is 0.823. The molecular weight excluding hydrogens is 352 g/mol. The third-order valence-electron chi connectivity index (χ3n) is 3.84. The topological polar surface area (TPSA) is 90.6 Å². The molecule has 0 unspecified atom stereocenters. The zero-order valence-corrected chi connectivity index (χ0v) is 16.1. The van der Waals surface area contributed by atoms with Gasteiger partial charge in [0.15, 0.2) is 0 Å². The second-order valence-corrected chi connectivity index (χ2v) is 6.97. The van der Waals surface area contributed by atoms with E-state index in [0.29, 0.717) is 41.6 Å². The van der Waals surface area contributed by atoms with Crippen molar-refractivity contribution < 1.29 is 19.1 Å². The molecular formula is C19H24N2O4S. The molecule has 0 aliphatic carbocycles. The molecule has 0 spiro atoms. The number of nitrogens with one attached hydrogen (secondary N) is 1. The maximum atomic E-state index is 12.2. The minimum Gasteiger partial charge on any atom is -0.491 e. The molecule has 1 amide bonds. The van der Waals surface area contributed by atoms with E-state index in [1.165, 1.54) is 11.3 Å². The minimum absolute atomic E-state index is 0.165. The second-order valence-electron chi connectivity index (χ2n) is 5.75. The fraction of sp³-hybridized carbons (Fsp3) is 0.368. The predicted octanol–water partition coefficient (Wildman–Crippen LogP) is 3.92. The van der Waals surface area contributed by atoms with Crippen LogP contribution in [0.3, 0.4) is 0 Å². The number of aryl methyl sites for hydroxylation is 1. The first kappa shape index (κ1) is 19.8. The zero-order chi connectivity index (χ0) is 19.1. The number of nitrogens with two attached hydrogens (primary N) is 1. The number of nitrogen functional groups attached to an aromatic ring is 1. The third kappa shape index (κ3) is 4.98. The van der Waals surface area contributed by atoms with Crippen molar-refractivity contribution in [3.8, 4) is 5.75 Å². The Morgan fingerprint density at radius 3 is 2.65 bits per heavy atom. The van der Waals surface area contributed by atoms with Gasteiger partial charge in [-0.15, -0.1) is 11.3 Å². The monoisotopic (exact) mass is 376 g/mol. The van der Waals surface area contributed by atoms with E-state index in [-0.39, 0.29) is 12.3 Å². The van der Waals surface area contributed by atoms with E-state index in [4.69, 9.17) is 15.2 Å². The van der Waals surface area contributed by atoms with Crippen molar-refractivity contribution in [1.82, 2.24) is 0 Å². The molecule has 0 bridgehead atoms. The van der Waals surface area contributed by atoms with Crippen LogP contribution in [0.1, 0.15) is 40.6 Å². The maximum Gasteiger partial charge on any atom is 0.341 e. The first-order chi connectivity index (χ1) is 12.4. The summed E-state index contributed by atoms with van der Waals surface area (Å²) in [5.74, 6) is 0.0379. The van der Waals surface area contributed by atoms with Crippen LogP contribution in [-0.4, -0.2) is 25.1 Å². The van der Waals surface area contributed by atoms with Crippen molar-refractivity contribution >= 4 is 33.9 Å². The molecule has 6 nitrogen and oxygen atoms in total. The van der Waals surface area contributed by atoms with Crippen molar-refractivity contribution in [1.29, 1.82) is 0 Å². The van der Waals surface area contributed by atoms with E-state index in [1.54, 1.807) is 19.1 Å². The highest BCUT2D eigenvalue weighted by molar-refractivity contribution is 7.16. The molecule has 0 atom stereocenters. The summed E-state index contributed by atoms with van der Waals surface area (Å²) >= 11 is 1.38. The van der Waals surface area contributed by atoms with Gasteiger partial charge in [0.05, 0.1) is 24.5 Å². The lowest BCUT2D eigenvalue weighted by atomic mass is 10.1. The molecule has 0 saturated carbocycles. The Labute approximate surface area is 157 Å². The van der Waals surface area contributed by atoms with Gasteiger partial charge in [0.25, 0.3) is 0 Å². The van der Waals surface area contributed by atoms with Gasteiger partial charge in [0.1, 0.15) is 10.8 Å². The van der Waals surface area contributed by atoms with Crippen molar-refractivity contribution in [3.05, 3.63) is 40.3 Å². The molecule has 1 aromatic heterocycles. The quantitative estimate of drug-likeness (QED) is 0.414. The van der Waals surface area contributed by atoms with E-state index < -0.39 is 5.97 Å². The number of esters is 1. The average molecular weight is 376 g/mol. The largest absolute Gasteiger partial charge is 0.491 e. The molecule has 0 radical (unpaired) electrons. The smallest absolute Gasteiger partial charge is 0.341 e.